The summed E-state index contributed by atoms with van der Waals surface area (Å²) < 4.78 is 5.20. The molecule has 2 atom stereocenters. The Kier molecular flexibility index (Phi) is 5.30. The fraction of sp³-hybridized carbons (Fsp3) is 0.692. The molecule has 106 valence electrons. The van der Waals surface area contributed by atoms with E-state index in [4.69, 9.17) is 10.5 Å². The van der Waals surface area contributed by atoms with Crippen LogP contribution in [0.2, 0.25) is 0 Å². The first kappa shape index (κ1) is 14.4. The van der Waals surface area contributed by atoms with Crippen molar-refractivity contribution in [3.63, 3.8) is 0 Å². The van der Waals surface area contributed by atoms with Crippen LogP contribution in [0.5, 0.6) is 0 Å². The molecular formula is C13H21N3O2S. The van der Waals surface area contributed by atoms with Gasteiger partial charge in [-0.25, -0.2) is 4.98 Å². The van der Waals surface area contributed by atoms with Gasteiger partial charge in [-0.3, -0.25) is 4.79 Å². The molecule has 19 heavy (non-hydrogen) atoms. The Labute approximate surface area is 117 Å². The third-order valence-electron chi connectivity index (χ3n) is 3.56. The number of ether oxygens (including phenoxy) is 1. The normalized spacial score (nSPS) is 21.4. The summed E-state index contributed by atoms with van der Waals surface area (Å²) in [5.41, 5.74) is 5.58. The van der Waals surface area contributed by atoms with E-state index in [0.717, 1.165) is 30.8 Å². The molecule has 2 N–H and O–H groups in total. The lowest BCUT2D eigenvalue weighted by Gasteiger charge is -2.35. The average Bonchev–Trinajstić information content (AvgIpc) is 2.98. The zero-order valence-electron chi connectivity index (χ0n) is 11.2. The molecule has 0 saturated carbocycles. The molecule has 0 spiro atoms. The van der Waals surface area contributed by atoms with E-state index >= 15 is 0 Å². The fourth-order valence-corrected chi connectivity index (χ4v) is 3.25. The van der Waals surface area contributed by atoms with Crippen LogP contribution in [0.15, 0.2) is 11.6 Å². The summed E-state index contributed by atoms with van der Waals surface area (Å²) in [6, 6.07) is 0.136. The van der Waals surface area contributed by atoms with Gasteiger partial charge in [-0.2, -0.15) is 0 Å². The first-order chi connectivity index (χ1) is 9.26. The Hall–Kier alpha value is -0.980. The number of piperidine rings is 1. The van der Waals surface area contributed by atoms with Crippen LogP contribution in [0, 0.1) is 0 Å². The molecule has 5 nitrogen and oxygen atoms in total. The Morgan fingerprint density at radius 3 is 3.16 bits per heavy atom. The first-order valence-electron chi connectivity index (χ1n) is 6.68. The van der Waals surface area contributed by atoms with E-state index in [1.807, 2.05) is 10.3 Å². The first-order valence-corrected chi connectivity index (χ1v) is 7.56. The zero-order valence-corrected chi connectivity index (χ0v) is 12.1. The number of hydrogen-bond donors (Lipinski definition) is 1. The highest BCUT2D eigenvalue weighted by molar-refractivity contribution is 7.09. The molecule has 2 heterocycles. The van der Waals surface area contributed by atoms with Gasteiger partial charge in [0.1, 0.15) is 5.01 Å². The van der Waals surface area contributed by atoms with E-state index < -0.39 is 0 Å². The molecule has 2 unspecified atom stereocenters. The maximum absolute atomic E-state index is 12.4. The molecule has 1 saturated heterocycles. The number of rotatable bonds is 5. The zero-order chi connectivity index (χ0) is 13.7. The highest BCUT2D eigenvalue weighted by atomic mass is 32.1. The third-order valence-corrected chi connectivity index (χ3v) is 4.43. The van der Waals surface area contributed by atoms with E-state index in [9.17, 15) is 4.79 Å². The number of thiazole rings is 1. The van der Waals surface area contributed by atoms with Crippen molar-refractivity contribution in [1.29, 1.82) is 0 Å². The maximum atomic E-state index is 12.4. The van der Waals surface area contributed by atoms with E-state index in [0.29, 0.717) is 13.0 Å². The maximum Gasteiger partial charge on any atom is 0.225 e. The lowest BCUT2D eigenvalue weighted by atomic mass is 10.0. The molecule has 1 aromatic rings. The van der Waals surface area contributed by atoms with Crippen molar-refractivity contribution in [1.82, 2.24) is 9.88 Å². The summed E-state index contributed by atoms with van der Waals surface area (Å²) in [5, 5.41) is 3.00. The van der Waals surface area contributed by atoms with E-state index in [1.165, 1.54) is 0 Å². The number of carbonyl (C=O) groups excluding carboxylic acids is 1. The van der Waals surface area contributed by atoms with Crippen LogP contribution in [0.1, 0.15) is 36.7 Å². The summed E-state index contributed by atoms with van der Waals surface area (Å²) in [6.07, 6.45) is 5.18. The lowest BCUT2D eigenvalue weighted by Crippen LogP contribution is -2.41. The highest BCUT2D eigenvalue weighted by Crippen LogP contribution is 2.32. The van der Waals surface area contributed by atoms with Crippen molar-refractivity contribution in [2.24, 2.45) is 5.73 Å². The Morgan fingerprint density at radius 2 is 2.53 bits per heavy atom. The number of hydrogen-bond acceptors (Lipinski definition) is 5. The number of aromatic nitrogens is 1. The van der Waals surface area contributed by atoms with Gasteiger partial charge in [0.2, 0.25) is 5.91 Å². The average molecular weight is 283 g/mol. The second-order valence-corrected chi connectivity index (χ2v) is 5.69. The minimum Gasteiger partial charge on any atom is -0.380 e. The van der Waals surface area contributed by atoms with Crippen LogP contribution >= 0.6 is 11.3 Å². The summed E-state index contributed by atoms with van der Waals surface area (Å²) >= 11 is 1.62. The molecule has 1 aliphatic rings. The molecule has 1 fully saturated rings. The predicted molar refractivity (Wildman–Crippen MR) is 74.9 cm³/mol. The molecule has 0 radical (unpaired) electrons. The summed E-state index contributed by atoms with van der Waals surface area (Å²) in [4.78, 5) is 18.7. The van der Waals surface area contributed by atoms with Crippen molar-refractivity contribution in [2.45, 2.75) is 37.8 Å². The van der Waals surface area contributed by atoms with Gasteiger partial charge in [-0.1, -0.05) is 0 Å². The van der Waals surface area contributed by atoms with Crippen LogP contribution in [-0.2, 0) is 9.53 Å². The van der Waals surface area contributed by atoms with Gasteiger partial charge in [0, 0.05) is 31.8 Å². The van der Waals surface area contributed by atoms with E-state index in [2.05, 4.69) is 4.98 Å². The number of carbonyl (C=O) groups is 1. The van der Waals surface area contributed by atoms with Crippen LogP contribution in [0.4, 0.5) is 0 Å². The van der Waals surface area contributed by atoms with Gasteiger partial charge >= 0.3 is 0 Å². The van der Waals surface area contributed by atoms with Gasteiger partial charge in [0.05, 0.1) is 18.6 Å². The second kappa shape index (κ2) is 6.98. The second-order valence-electron chi connectivity index (χ2n) is 4.77. The Balaban J connectivity index is 2.05. The van der Waals surface area contributed by atoms with Crippen molar-refractivity contribution >= 4 is 17.2 Å². The molecule has 1 amide bonds. The molecule has 6 heteroatoms. The lowest BCUT2D eigenvalue weighted by molar-refractivity contribution is -0.137. The number of methoxy groups -OCH3 is 1. The minimum atomic E-state index is -0.189. The molecule has 0 bridgehead atoms. The van der Waals surface area contributed by atoms with Crippen LogP contribution < -0.4 is 5.73 Å². The number of nitrogens with two attached hydrogens (primary N) is 1. The monoisotopic (exact) mass is 283 g/mol. The fourth-order valence-electron chi connectivity index (χ4n) is 2.46. The van der Waals surface area contributed by atoms with Gasteiger partial charge in [-0.05, 0) is 19.3 Å². The van der Waals surface area contributed by atoms with Crippen molar-refractivity contribution < 1.29 is 9.53 Å². The summed E-state index contributed by atoms with van der Waals surface area (Å²) in [6.45, 7) is 1.18. The van der Waals surface area contributed by atoms with Gasteiger partial charge < -0.3 is 15.4 Å². The standard InChI is InChI=1S/C13H21N3O2S/c1-18-10(9-14)8-12(17)16-6-3-2-4-11(16)13-15-5-7-19-13/h5,7,10-11H,2-4,6,8-9,14H2,1H3. The quantitative estimate of drug-likeness (QED) is 0.890. The molecule has 0 aliphatic carbocycles. The van der Waals surface area contributed by atoms with Crippen molar-refractivity contribution in [3.05, 3.63) is 16.6 Å². The largest absolute Gasteiger partial charge is 0.380 e. The van der Waals surface area contributed by atoms with Gasteiger partial charge in [-0.15, -0.1) is 11.3 Å². The number of nitrogens with zero attached hydrogens (tertiary/aromatic N) is 2. The van der Waals surface area contributed by atoms with E-state index in [-0.39, 0.29) is 18.1 Å². The van der Waals surface area contributed by atoms with Crippen LogP contribution in [0.3, 0.4) is 0 Å². The van der Waals surface area contributed by atoms with Crippen molar-refractivity contribution in [2.75, 3.05) is 20.2 Å². The van der Waals surface area contributed by atoms with Gasteiger partial charge in [0.15, 0.2) is 0 Å². The smallest absolute Gasteiger partial charge is 0.225 e. The summed E-state index contributed by atoms with van der Waals surface area (Å²) in [7, 11) is 1.60. The summed E-state index contributed by atoms with van der Waals surface area (Å²) in [5.74, 6) is 0.122. The van der Waals surface area contributed by atoms with Gasteiger partial charge in [0.25, 0.3) is 0 Å². The number of likely N-dealkylation sites (tertiary alicyclic amines) is 1. The molecule has 1 aromatic heterocycles. The SMILES string of the molecule is COC(CN)CC(=O)N1CCCCC1c1nccs1. The number of amides is 1. The van der Waals surface area contributed by atoms with Crippen LogP contribution in [-0.4, -0.2) is 42.1 Å². The molecular weight excluding hydrogens is 262 g/mol. The van der Waals surface area contributed by atoms with Crippen LogP contribution in [0.25, 0.3) is 0 Å². The predicted octanol–water partition coefficient (Wildman–Crippen LogP) is 1.56. The third kappa shape index (κ3) is 3.52. The Bertz CT molecular complexity index is 393. The minimum absolute atomic E-state index is 0.122. The molecule has 2 rings (SSSR count). The van der Waals surface area contributed by atoms with E-state index in [1.54, 1.807) is 24.6 Å². The Morgan fingerprint density at radius 1 is 1.68 bits per heavy atom. The van der Waals surface area contributed by atoms with Crippen molar-refractivity contribution in [3.8, 4) is 0 Å². The highest BCUT2D eigenvalue weighted by Gasteiger charge is 2.30. The topological polar surface area (TPSA) is 68.5 Å². The molecule has 0 aromatic carbocycles. The molecule has 1 aliphatic heterocycles.